The lowest BCUT2D eigenvalue weighted by atomic mass is 9.87. The highest BCUT2D eigenvalue weighted by atomic mass is 79.9. The van der Waals surface area contributed by atoms with Gasteiger partial charge in [0.2, 0.25) is 5.91 Å². The van der Waals surface area contributed by atoms with E-state index in [2.05, 4.69) is 61.5 Å². The van der Waals surface area contributed by atoms with Gasteiger partial charge in [-0.2, -0.15) is 13.2 Å². The minimum absolute atomic E-state index is 0.0932. The molecule has 0 saturated carbocycles. The first-order chi connectivity index (χ1) is 26.9. The van der Waals surface area contributed by atoms with Crippen LogP contribution in [0.15, 0.2) is 102 Å². The van der Waals surface area contributed by atoms with Crippen LogP contribution in [0.1, 0.15) is 72.0 Å². The zero-order chi connectivity index (χ0) is 39.9. The molecule has 0 unspecified atom stereocenters. The average molecular weight is 836 g/mol. The Morgan fingerprint density at radius 1 is 0.804 bits per heavy atom. The van der Waals surface area contributed by atoms with Gasteiger partial charge < -0.3 is 20.2 Å². The number of carboxylic acid groups (broad SMARTS) is 1. The van der Waals surface area contributed by atoms with Crippen molar-refractivity contribution >= 4 is 33.7 Å². The fraction of sp³-hybridized carbons (Fsp3) is 0.409. The van der Waals surface area contributed by atoms with Crippen LogP contribution in [0.3, 0.4) is 0 Å². The highest BCUT2D eigenvalue weighted by Gasteiger charge is 2.38. The predicted octanol–water partition coefficient (Wildman–Crippen LogP) is 8.98. The molecule has 0 bridgehead atoms. The number of aliphatic carboxylic acids is 1. The Morgan fingerprint density at radius 3 is 2.07 bits per heavy atom. The van der Waals surface area contributed by atoms with E-state index in [1.54, 1.807) is 12.4 Å². The zero-order valence-corrected chi connectivity index (χ0v) is 33.1. The summed E-state index contributed by atoms with van der Waals surface area (Å²) in [6.07, 6.45) is 8.47. The van der Waals surface area contributed by atoms with E-state index < -0.39 is 12.1 Å². The van der Waals surface area contributed by atoms with E-state index in [9.17, 15) is 22.8 Å². The molecule has 0 atom stereocenters. The number of amides is 2. The summed E-state index contributed by atoms with van der Waals surface area (Å²) in [6, 6.07) is 28.4. The summed E-state index contributed by atoms with van der Waals surface area (Å²) < 4.78 is 32.7. The Bertz CT molecular complexity index is 1880. The van der Waals surface area contributed by atoms with Crippen molar-refractivity contribution in [3.63, 3.8) is 0 Å². The maximum atomic E-state index is 13.7. The van der Waals surface area contributed by atoms with E-state index in [-0.39, 0.29) is 11.8 Å². The molecule has 2 N–H and O–H groups in total. The molecule has 1 aromatic heterocycles. The average Bonchev–Trinajstić information content (AvgIpc) is 3.20. The number of pyridine rings is 1. The van der Waals surface area contributed by atoms with Crippen LogP contribution in [-0.4, -0.2) is 76.6 Å². The van der Waals surface area contributed by atoms with Crippen molar-refractivity contribution in [2.45, 2.75) is 70.5 Å². The van der Waals surface area contributed by atoms with Gasteiger partial charge in [0, 0.05) is 48.6 Å². The number of likely N-dealkylation sites (tertiary alicyclic amines) is 1. The minimum atomic E-state index is -5.08. The van der Waals surface area contributed by atoms with Crippen molar-refractivity contribution in [2.75, 3.05) is 32.7 Å². The Balaban J connectivity index is 0.000000784. The van der Waals surface area contributed by atoms with Crippen molar-refractivity contribution in [1.29, 1.82) is 0 Å². The van der Waals surface area contributed by atoms with Gasteiger partial charge >= 0.3 is 12.1 Å². The van der Waals surface area contributed by atoms with E-state index >= 15 is 0 Å². The number of aromatic nitrogens is 1. The molecule has 2 saturated heterocycles. The maximum Gasteiger partial charge on any atom is 0.490 e. The van der Waals surface area contributed by atoms with Crippen LogP contribution in [0, 0.1) is 11.8 Å². The SMILES string of the molecule is O=C(Cc1cccc(Br)c1)N(CCc1ccncc1)Cc1cccc(-c2cccc(C(=O)N3CCC(CCCC4CCNCC4)CC3)c2)c1.O=C(O)C(F)(F)F. The van der Waals surface area contributed by atoms with Crippen molar-refractivity contribution in [3.05, 3.63) is 124 Å². The normalized spacial score (nSPS) is 15.1. The van der Waals surface area contributed by atoms with Crippen molar-refractivity contribution in [2.24, 2.45) is 11.8 Å². The molecule has 2 amide bonds. The van der Waals surface area contributed by atoms with Gasteiger partial charge in [0.15, 0.2) is 0 Å². The smallest absolute Gasteiger partial charge is 0.475 e. The van der Waals surface area contributed by atoms with Crippen LogP contribution >= 0.6 is 15.9 Å². The van der Waals surface area contributed by atoms with E-state index in [0.717, 1.165) is 82.0 Å². The molecular formula is C44H50BrF3N4O4. The predicted molar refractivity (Wildman–Crippen MR) is 215 cm³/mol. The quantitative estimate of drug-likeness (QED) is 0.140. The number of carboxylic acids is 1. The van der Waals surface area contributed by atoms with Gasteiger partial charge in [0.05, 0.1) is 6.42 Å². The molecule has 12 heteroatoms. The van der Waals surface area contributed by atoms with Gasteiger partial charge in [-0.05, 0) is 127 Å². The van der Waals surface area contributed by atoms with E-state index in [1.165, 1.54) is 45.2 Å². The van der Waals surface area contributed by atoms with Crippen molar-refractivity contribution in [3.8, 4) is 11.1 Å². The lowest BCUT2D eigenvalue weighted by molar-refractivity contribution is -0.192. The summed E-state index contributed by atoms with van der Waals surface area (Å²) in [5.74, 6) is -0.891. The third-order valence-corrected chi connectivity index (χ3v) is 11.1. The molecule has 0 spiro atoms. The zero-order valence-electron chi connectivity index (χ0n) is 31.5. The summed E-state index contributed by atoms with van der Waals surface area (Å²) >= 11 is 3.54. The van der Waals surface area contributed by atoms with Gasteiger partial charge in [0.25, 0.3) is 5.91 Å². The highest BCUT2D eigenvalue weighted by molar-refractivity contribution is 9.10. The molecule has 2 aliphatic rings. The number of hydrogen-bond acceptors (Lipinski definition) is 5. The number of hydrogen-bond donors (Lipinski definition) is 2. The largest absolute Gasteiger partial charge is 0.490 e. The summed E-state index contributed by atoms with van der Waals surface area (Å²) in [6.45, 7) is 5.17. The number of rotatable bonds is 13. The lowest BCUT2D eigenvalue weighted by Gasteiger charge is -2.32. The van der Waals surface area contributed by atoms with Crippen LogP contribution in [0.4, 0.5) is 13.2 Å². The Labute approximate surface area is 335 Å². The molecular weight excluding hydrogens is 785 g/mol. The van der Waals surface area contributed by atoms with Crippen LogP contribution < -0.4 is 5.32 Å². The maximum absolute atomic E-state index is 13.7. The van der Waals surface area contributed by atoms with Crippen molar-refractivity contribution < 1.29 is 32.7 Å². The number of nitrogens with zero attached hydrogens (tertiary/aromatic N) is 3. The molecule has 4 aromatic rings. The Hall–Kier alpha value is -4.55. The number of carbonyl (C=O) groups excluding carboxylic acids is 2. The topological polar surface area (TPSA) is 103 Å². The Kier molecular flexibility index (Phi) is 16.1. The summed E-state index contributed by atoms with van der Waals surface area (Å²) in [4.78, 5) is 44.3. The third kappa shape index (κ3) is 13.6. The second-order valence-electron chi connectivity index (χ2n) is 14.7. The van der Waals surface area contributed by atoms with E-state index in [4.69, 9.17) is 9.90 Å². The number of halogens is 4. The van der Waals surface area contributed by atoms with Gasteiger partial charge in [-0.3, -0.25) is 14.6 Å². The van der Waals surface area contributed by atoms with Gasteiger partial charge in [-0.1, -0.05) is 77.7 Å². The first-order valence-electron chi connectivity index (χ1n) is 19.3. The molecule has 298 valence electrons. The monoisotopic (exact) mass is 834 g/mol. The van der Waals surface area contributed by atoms with Gasteiger partial charge in [-0.15, -0.1) is 0 Å². The number of piperidine rings is 2. The van der Waals surface area contributed by atoms with E-state index in [0.29, 0.717) is 19.5 Å². The molecule has 56 heavy (non-hydrogen) atoms. The van der Waals surface area contributed by atoms with Crippen LogP contribution in [-0.2, 0) is 29.0 Å². The van der Waals surface area contributed by atoms with E-state index in [1.807, 2.05) is 59.5 Å². The summed E-state index contributed by atoms with van der Waals surface area (Å²) in [5.41, 5.74) is 6.02. The first-order valence-corrected chi connectivity index (χ1v) is 20.1. The summed E-state index contributed by atoms with van der Waals surface area (Å²) in [7, 11) is 0. The fourth-order valence-corrected chi connectivity index (χ4v) is 7.86. The standard InChI is InChI=1S/C42H49BrN4O2.C2HF3O2/c43-40-12-3-7-35(28-40)29-41(48)47(26-19-34-15-22-45-23-16-34)31-36-8-2-9-37(27-36)38-10-4-11-39(30-38)42(49)46-24-17-33(18-25-46)6-1-5-32-13-20-44-21-14-32;3-2(4,5)1(6)7/h2-4,7-12,15-16,22-23,27-28,30,32-33,44H,1,5-6,13-14,17-21,24-26,29,31H2;(H,6,7). The molecule has 0 aliphatic carbocycles. The molecule has 6 rings (SSSR count). The van der Waals surface area contributed by atoms with Crippen LogP contribution in [0.25, 0.3) is 11.1 Å². The highest BCUT2D eigenvalue weighted by Crippen LogP contribution is 2.28. The summed E-state index contributed by atoms with van der Waals surface area (Å²) in [5, 5.41) is 10.6. The number of alkyl halides is 3. The molecule has 8 nitrogen and oxygen atoms in total. The molecule has 3 aromatic carbocycles. The second-order valence-corrected chi connectivity index (χ2v) is 15.6. The van der Waals surface area contributed by atoms with Gasteiger partial charge in [-0.25, -0.2) is 4.79 Å². The van der Waals surface area contributed by atoms with Gasteiger partial charge in [0.1, 0.15) is 0 Å². The second kappa shape index (κ2) is 21.1. The molecule has 2 fully saturated rings. The Morgan fingerprint density at radius 2 is 1.41 bits per heavy atom. The van der Waals surface area contributed by atoms with Crippen LogP contribution in [0.5, 0.6) is 0 Å². The molecule has 3 heterocycles. The number of benzene rings is 3. The fourth-order valence-electron chi connectivity index (χ4n) is 7.41. The number of carbonyl (C=O) groups is 3. The number of nitrogens with one attached hydrogen (secondary N) is 1. The molecule has 0 radical (unpaired) electrons. The first kappa shape index (κ1) is 42.6. The van der Waals surface area contributed by atoms with Crippen molar-refractivity contribution in [1.82, 2.24) is 20.1 Å². The van der Waals surface area contributed by atoms with Crippen LogP contribution in [0.2, 0.25) is 0 Å². The molecule has 2 aliphatic heterocycles. The lowest BCUT2D eigenvalue weighted by Crippen LogP contribution is -2.38. The minimum Gasteiger partial charge on any atom is -0.475 e. The third-order valence-electron chi connectivity index (χ3n) is 10.6.